The number of nitrogens with one attached hydrogen (secondary N) is 1. The van der Waals surface area contributed by atoms with Crippen LogP contribution in [-0.4, -0.2) is 18.0 Å². The lowest BCUT2D eigenvalue weighted by Gasteiger charge is -2.24. The van der Waals surface area contributed by atoms with Gasteiger partial charge in [0.25, 0.3) is 5.56 Å². The second kappa shape index (κ2) is 9.40. The summed E-state index contributed by atoms with van der Waals surface area (Å²) in [6.45, 7) is 5.94. The number of para-hydroxylation sites is 1. The van der Waals surface area contributed by atoms with E-state index in [-0.39, 0.29) is 16.4 Å². The molecule has 0 fully saturated rings. The zero-order chi connectivity index (χ0) is 24.5. The van der Waals surface area contributed by atoms with Crippen LogP contribution < -0.4 is 16.0 Å². The van der Waals surface area contributed by atoms with Crippen LogP contribution in [0.25, 0.3) is 16.6 Å². The zero-order valence-corrected chi connectivity index (χ0v) is 20.2. The van der Waals surface area contributed by atoms with E-state index in [2.05, 4.69) is 4.72 Å². The number of benzene rings is 3. The summed E-state index contributed by atoms with van der Waals surface area (Å²) in [6, 6.07) is 19.9. The smallest absolute Gasteiger partial charge is 0.266 e. The molecule has 3 aromatic carbocycles. The topological polar surface area (TPSA) is 107 Å². The van der Waals surface area contributed by atoms with E-state index in [0.29, 0.717) is 34.5 Å². The average Bonchev–Trinajstić information content (AvgIpc) is 2.78. The minimum absolute atomic E-state index is 0.0979. The highest BCUT2D eigenvalue weighted by molar-refractivity contribution is 7.89. The predicted molar refractivity (Wildman–Crippen MR) is 135 cm³/mol. The molecule has 8 heteroatoms. The number of rotatable bonds is 7. The van der Waals surface area contributed by atoms with Crippen molar-refractivity contribution in [2.24, 2.45) is 5.92 Å². The summed E-state index contributed by atoms with van der Waals surface area (Å²) in [4.78, 5) is 18.6. The van der Waals surface area contributed by atoms with Crippen LogP contribution in [0.3, 0.4) is 0 Å². The van der Waals surface area contributed by atoms with Crippen molar-refractivity contribution < 1.29 is 8.42 Å². The quantitative estimate of drug-likeness (QED) is 0.386. The van der Waals surface area contributed by atoms with Crippen molar-refractivity contribution in [1.82, 2.24) is 14.3 Å². The molecule has 7 nitrogen and oxygen atoms in total. The van der Waals surface area contributed by atoms with E-state index in [1.807, 2.05) is 51.1 Å². The number of hydrogen-bond acceptors (Lipinski definition) is 5. The first-order valence-electron chi connectivity index (χ1n) is 11.1. The maximum Gasteiger partial charge on any atom is 0.266 e. The van der Waals surface area contributed by atoms with Gasteiger partial charge in [0.1, 0.15) is 5.82 Å². The van der Waals surface area contributed by atoms with Crippen LogP contribution in [-0.2, 0) is 10.0 Å². The third-order valence-electron chi connectivity index (χ3n) is 5.57. The molecule has 4 rings (SSSR count). The van der Waals surface area contributed by atoms with Crippen LogP contribution in [0.15, 0.2) is 82.5 Å². The largest absolute Gasteiger partial charge is 0.399 e. The van der Waals surface area contributed by atoms with Crippen LogP contribution in [0.5, 0.6) is 0 Å². The van der Waals surface area contributed by atoms with Gasteiger partial charge in [-0.25, -0.2) is 18.1 Å². The molecule has 0 saturated heterocycles. The number of anilines is 1. The Morgan fingerprint density at radius 1 is 1.00 bits per heavy atom. The zero-order valence-electron chi connectivity index (χ0n) is 19.4. The minimum Gasteiger partial charge on any atom is -0.399 e. The number of fused-ring (bicyclic) bond motifs is 1. The lowest BCUT2D eigenvalue weighted by atomic mass is 10.0. The van der Waals surface area contributed by atoms with Crippen LogP contribution in [0.1, 0.15) is 37.7 Å². The Hall–Kier alpha value is -3.49. The molecule has 3 N–H and O–H groups in total. The molecule has 0 saturated carbocycles. The fourth-order valence-electron chi connectivity index (χ4n) is 3.98. The fraction of sp³-hybridized carbons (Fsp3) is 0.231. The number of aromatic nitrogens is 2. The second-order valence-corrected chi connectivity index (χ2v) is 10.6. The van der Waals surface area contributed by atoms with Gasteiger partial charge in [-0.15, -0.1) is 0 Å². The van der Waals surface area contributed by atoms with Gasteiger partial charge in [-0.2, -0.15) is 0 Å². The molecule has 0 amide bonds. The van der Waals surface area contributed by atoms with Gasteiger partial charge >= 0.3 is 0 Å². The number of sulfonamides is 1. The van der Waals surface area contributed by atoms with Gasteiger partial charge in [-0.05, 0) is 73.4 Å². The Balaban J connectivity index is 1.94. The molecule has 0 aliphatic carbocycles. The maximum absolute atomic E-state index is 13.7. The van der Waals surface area contributed by atoms with Crippen LogP contribution >= 0.6 is 0 Å². The minimum atomic E-state index is -3.90. The number of hydrogen-bond donors (Lipinski definition) is 2. The second-order valence-electron chi connectivity index (χ2n) is 8.84. The lowest BCUT2D eigenvalue weighted by molar-refractivity contribution is 0.450. The van der Waals surface area contributed by atoms with E-state index >= 15 is 0 Å². The van der Waals surface area contributed by atoms with Crippen LogP contribution in [0, 0.1) is 12.8 Å². The van der Waals surface area contributed by atoms with Crippen molar-refractivity contribution >= 4 is 26.6 Å². The molecule has 1 atom stereocenters. The number of aryl methyl sites for hydroxylation is 1. The standard InChI is InChI=1S/C26H28N4O3S/c1-17(2)15-24(29-34(32,33)21-13-11-19(27)12-14-21)25-28-23-10-5-4-9-22(23)26(31)30(25)20-8-6-7-18(3)16-20/h4-14,16-17,24,29H,15,27H2,1-3H3. The highest BCUT2D eigenvalue weighted by Crippen LogP contribution is 2.26. The molecular weight excluding hydrogens is 448 g/mol. The summed E-state index contributed by atoms with van der Waals surface area (Å²) in [7, 11) is -3.90. The third kappa shape index (κ3) is 4.88. The van der Waals surface area contributed by atoms with Crippen molar-refractivity contribution in [2.75, 3.05) is 5.73 Å². The first-order chi connectivity index (χ1) is 16.2. The Bertz CT molecular complexity index is 1490. The molecule has 1 aromatic heterocycles. The monoisotopic (exact) mass is 476 g/mol. The molecule has 176 valence electrons. The molecule has 0 spiro atoms. The highest BCUT2D eigenvalue weighted by Gasteiger charge is 2.27. The van der Waals surface area contributed by atoms with Crippen molar-refractivity contribution in [2.45, 2.75) is 38.1 Å². The molecule has 0 radical (unpaired) electrons. The molecule has 0 bridgehead atoms. The van der Waals surface area contributed by atoms with Crippen molar-refractivity contribution in [3.63, 3.8) is 0 Å². The number of nitrogens with zero attached hydrogens (tertiary/aromatic N) is 2. The van der Waals surface area contributed by atoms with Gasteiger partial charge < -0.3 is 5.73 Å². The first-order valence-corrected chi connectivity index (χ1v) is 12.6. The van der Waals surface area contributed by atoms with Crippen molar-refractivity contribution in [1.29, 1.82) is 0 Å². The van der Waals surface area contributed by atoms with Gasteiger partial charge in [0.2, 0.25) is 10.0 Å². The van der Waals surface area contributed by atoms with Gasteiger partial charge in [0.05, 0.1) is 27.5 Å². The molecule has 0 aliphatic rings. The Labute approximate surface area is 199 Å². The first kappa shape index (κ1) is 23.7. The van der Waals surface area contributed by atoms with E-state index in [1.54, 1.807) is 30.3 Å². The third-order valence-corrected chi connectivity index (χ3v) is 7.06. The fourth-order valence-corrected chi connectivity index (χ4v) is 5.19. The predicted octanol–water partition coefficient (Wildman–Crippen LogP) is 4.34. The molecule has 4 aromatic rings. The Morgan fingerprint density at radius 3 is 2.38 bits per heavy atom. The Kier molecular flexibility index (Phi) is 6.54. The molecule has 1 unspecified atom stereocenters. The van der Waals surface area contributed by atoms with Crippen LogP contribution in [0.4, 0.5) is 5.69 Å². The normalized spacial score (nSPS) is 12.8. The molecular formula is C26H28N4O3S. The summed E-state index contributed by atoms with van der Waals surface area (Å²) >= 11 is 0. The van der Waals surface area contributed by atoms with E-state index in [9.17, 15) is 13.2 Å². The summed E-state index contributed by atoms with van der Waals surface area (Å²) in [5.41, 5.74) is 8.10. The van der Waals surface area contributed by atoms with E-state index in [4.69, 9.17) is 10.7 Å². The summed E-state index contributed by atoms with van der Waals surface area (Å²) in [5, 5.41) is 0.470. The van der Waals surface area contributed by atoms with Crippen molar-refractivity contribution in [3.8, 4) is 5.69 Å². The molecule has 0 aliphatic heterocycles. The number of nitrogen functional groups attached to an aromatic ring is 1. The van der Waals surface area contributed by atoms with E-state index < -0.39 is 16.1 Å². The maximum atomic E-state index is 13.7. The van der Waals surface area contributed by atoms with Gasteiger partial charge in [0.15, 0.2) is 0 Å². The molecule has 34 heavy (non-hydrogen) atoms. The van der Waals surface area contributed by atoms with Gasteiger partial charge in [-0.3, -0.25) is 9.36 Å². The van der Waals surface area contributed by atoms with Crippen molar-refractivity contribution in [3.05, 3.63) is 94.5 Å². The lowest BCUT2D eigenvalue weighted by Crippen LogP contribution is -2.35. The highest BCUT2D eigenvalue weighted by atomic mass is 32.2. The Morgan fingerprint density at radius 2 is 1.71 bits per heavy atom. The summed E-state index contributed by atoms with van der Waals surface area (Å²) in [6.07, 6.45) is 0.449. The van der Waals surface area contributed by atoms with Crippen LogP contribution in [0.2, 0.25) is 0 Å². The summed E-state index contributed by atoms with van der Waals surface area (Å²) in [5.74, 6) is 0.482. The van der Waals surface area contributed by atoms with Gasteiger partial charge in [-0.1, -0.05) is 38.1 Å². The number of nitrogens with two attached hydrogens (primary N) is 1. The van der Waals surface area contributed by atoms with Gasteiger partial charge in [0, 0.05) is 5.69 Å². The average molecular weight is 477 g/mol. The van der Waals surface area contributed by atoms with E-state index in [0.717, 1.165) is 5.56 Å². The SMILES string of the molecule is Cc1cccc(-n2c(C(CC(C)C)NS(=O)(=O)c3ccc(N)cc3)nc3ccccc3c2=O)c1. The van der Waals surface area contributed by atoms with E-state index in [1.165, 1.54) is 16.7 Å². The summed E-state index contributed by atoms with van der Waals surface area (Å²) < 4.78 is 30.9. The molecule has 1 heterocycles.